The molecule has 8 nitrogen and oxygen atoms in total. The van der Waals surface area contributed by atoms with Gasteiger partial charge in [0.05, 0.1) is 23.9 Å². The number of hydrogen-bond donors (Lipinski definition) is 2. The number of aryl methyl sites for hydroxylation is 2. The van der Waals surface area contributed by atoms with Crippen molar-refractivity contribution in [3.8, 4) is 11.5 Å². The van der Waals surface area contributed by atoms with E-state index in [1.807, 2.05) is 0 Å². The number of nitrogens with zero attached hydrogens (tertiary/aromatic N) is 2. The van der Waals surface area contributed by atoms with Crippen molar-refractivity contribution in [2.24, 2.45) is 7.05 Å². The van der Waals surface area contributed by atoms with Crippen LogP contribution in [-0.2, 0) is 13.5 Å². The van der Waals surface area contributed by atoms with Crippen LogP contribution in [0.2, 0.25) is 0 Å². The minimum Gasteiger partial charge on any atom is -0.497 e. The molecule has 1 aromatic carbocycles. The summed E-state index contributed by atoms with van der Waals surface area (Å²) in [5.41, 5.74) is 0.636. The second-order valence-electron chi connectivity index (χ2n) is 6.84. The summed E-state index contributed by atoms with van der Waals surface area (Å²) >= 11 is 0. The number of aromatic nitrogens is 2. The van der Waals surface area contributed by atoms with Crippen LogP contribution in [0.3, 0.4) is 0 Å². The number of ether oxygens (including phenoxy) is 2. The Morgan fingerprint density at radius 2 is 1.88 bits per heavy atom. The molecule has 1 amide bonds. The molecular weight excluding hydrogens is 431 g/mol. The summed E-state index contributed by atoms with van der Waals surface area (Å²) in [6.07, 6.45) is -4.29. The molecule has 0 aliphatic rings. The number of carboxylic acids is 1. The maximum absolute atomic E-state index is 12.7. The molecule has 0 spiro atoms. The van der Waals surface area contributed by atoms with Crippen molar-refractivity contribution in [2.45, 2.75) is 19.5 Å². The van der Waals surface area contributed by atoms with Crippen LogP contribution in [0.25, 0.3) is 11.0 Å². The molecule has 0 saturated heterocycles. The average molecular weight is 451 g/mol. The number of pyridine rings is 1. The number of anilines is 1. The fraction of sp³-hybridized carbons (Fsp3) is 0.286. The molecule has 0 fully saturated rings. The summed E-state index contributed by atoms with van der Waals surface area (Å²) in [5, 5.41) is 12.2. The summed E-state index contributed by atoms with van der Waals surface area (Å²) in [6.45, 7) is 0.106. The first-order valence-corrected chi connectivity index (χ1v) is 9.46. The molecule has 11 heteroatoms. The van der Waals surface area contributed by atoms with E-state index in [2.05, 4.69) is 10.3 Å². The quantitative estimate of drug-likeness (QED) is 0.562. The fourth-order valence-electron chi connectivity index (χ4n) is 3.20. The number of hydrogen-bond acceptors (Lipinski definition) is 5. The third kappa shape index (κ3) is 4.61. The predicted octanol–water partition coefficient (Wildman–Crippen LogP) is 4.04. The molecule has 2 heterocycles. The maximum Gasteiger partial charge on any atom is 0.422 e. The van der Waals surface area contributed by atoms with Gasteiger partial charge in [0.2, 0.25) is 0 Å². The van der Waals surface area contributed by atoms with Crippen LogP contribution in [-0.4, -0.2) is 46.4 Å². The van der Waals surface area contributed by atoms with Gasteiger partial charge in [-0.3, -0.25) is 4.79 Å². The number of nitrogens with one attached hydrogen (secondary N) is 1. The Balaban J connectivity index is 2.08. The maximum atomic E-state index is 12.7. The summed E-state index contributed by atoms with van der Waals surface area (Å²) in [4.78, 5) is 28.8. The smallest absolute Gasteiger partial charge is 0.422 e. The van der Waals surface area contributed by atoms with Crippen molar-refractivity contribution in [3.63, 3.8) is 0 Å². The molecule has 0 radical (unpaired) electrons. The summed E-state index contributed by atoms with van der Waals surface area (Å²) in [5.74, 6) is -1.85. The SMILES string of the molecule is CCc1nc2c(cc1NC(=O)c1ccc(OC)cc1)c(OCC(F)(F)F)c(C(=O)O)n2C. The van der Waals surface area contributed by atoms with E-state index in [0.29, 0.717) is 23.4 Å². The zero-order valence-corrected chi connectivity index (χ0v) is 17.4. The van der Waals surface area contributed by atoms with Gasteiger partial charge in [-0.25, -0.2) is 9.78 Å². The standard InChI is InChI=1S/C21H20F3N3O5/c1-4-14-15(26-19(28)11-5-7-12(31-3)8-6-11)9-13-17(32-10-21(22,23)24)16(20(29)30)27(2)18(13)25-14/h5-9H,4,10H2,1-3H3,(H,26,28)(H,29,30). The third-order valence-corrected chi connectivity index (χ3v) is 4.71. The molecular formula is C21H20F3N3O5. The second-order valence-corrected chi connectivity index (χ2v) is 6.84. The van der Waals surface area contributed by atoms with Gasteiger partial charge < -0.3 is 24.5 Å². The van der Waals surface area contributed by atoms with Crippen molar-refractivity contribution in [3.05, 3.63) is 47.3 Å². The number of alkyl halides is 3. The molecule has 32 heavy (non-hydrogen) atoms. The topological polar surface area (TPSA) is 103 Å². The number of carboxylic acid groups (broad SMARTS) is 1. The number of carbonyl (C=O) groups excluding carboxylic acids is 1. The van der Waals surface area contributed by atoms with Gasteiger partial charge >= 0.3 is 12.1 Å². The van der Waals surface area contributed by atoms with E-state index in [4.69, 9.17) is 9.47 Å². The number of methoxy groups -OCH3 is 1. The molecule has 0 aliphatic heterocycles. The van der Waals surface area contributed by atoms with Crippen LogP contribution in [0.15, 0.2) is 30.3 Å². The number of fused-ring (bicyclic) bond motifs is 1. The van der Waals surface area contributed by atoms with Crippen LogP contribution < -0.4 is 14.8 Å². The summed E-state index contributed by atoms with van der Waals surface area (Å²) in [7, 11) is 2.86. The van der Waals surface area contributed by atoms with Crippen molar-refractivity contribution in [2.75, 3.05) is 19.0 Å². The van der Waals surface area contributed by atoms with Gasteiger partial charge in [-0.05, 0) is 36.8 Å². The number of amides is 1. The molecule has 170 valence electrons. The molecule has 0 bridgehead atoms. The Morgan fingerprint density at radius 1 is 1.22 bits per heavy atom. The zero-order chi connectivity index (χ0) is 23.6. The third-order valence-electron chi connectivity index (χ3n) is 4.71. The minimum atomic E-state index is -4.67. The van der Waals surface area contributed by atoms with E-state index >= 15 is 0 Å². The highest BCUT2D eigenvalue weighted by atomic mass is 19.4. The Bertz CT molecular complexity index is 1170. The van der Waals surface area contributed by atoms with E-state index in [-0.39, 0.29) is 16.7 Å². The van der Waals surface area contributed by atoms with Crippen LogP contribution in [0.4, 0.5) is 18.9 Å². The van der Waals surface area contributed by atoms with Gasteiger partial charge in [-0.1, -0.05) is 6.92 Å². The Labute approximate surface area is 180 Å². The fourth-order valence-corrected chi connectivity index (χ4v) is 3.20. The van der Waals surface area contributed by atoms with E-state index < -0.39 is 36.1 Å². The van der Waals surface area contributed by atoms with Gasteiger partial charge in [0, 0.05) is 12.6 Å². The highest BCUT2D eigenvalue weighted by Gasteiger charge is 2.32. The number of benzene rings is 1. The molecule has 2 aromatic heterocycles. The van der Waals surface area contributed by atoms with Gasteiger partial charge in [0.15, 0.2) is 18.1 Å². The molecule has 0 atom stereocenters. The van der Waals surface area contributed by atoms with Gasteiger partial charge in [-0.15, -0.1) is 0 Å². The van der Waals surface area contributed by atoms with E-state index in [9.17, 15) is 27.9 Å². The van der Waals surface area contributed by atoms with Crippen molar-refractivity contribution < 1.29 is 37.3 Å². The largest absolute Gasteiger partial charge is 0.497 e. The summed E-state index contributed by atoms with van der Waals surface area (Å²) in [6, 6.07) is 7.69. The first-order valence-electron chi connectivity index (χ1n) is 9.46. The first-order chi connectivity index (χ1) is 15.1. The minimum absolute atomic E-state index is 0.0383. The molecule has 3 aromatic rings. The second kappa shape index (κ2) is 8.77. The lowest BCUT2D eigenvalue weighted by Crippen LogP contribution is -2.20. The average Bonchev–Trinajstić information content (AvgIpc) is 3.02. The number of carbonyl (C=O) groups is 2. The Hall–Kier alpha value is -3.76. The number of rotatable bonds is 7. The zero-order valence-electron chi connectivity index (χ0n) is 17.4. The molecule has 0 saturated carbocycles. The van der Waals surface area contributed by atoms with Gasteiger partial charge in [0.1, 0.15) is 11.4 Å². The van der Waals surface area contributed by atoms with Gasteiger partial charge in [-0.2, -0.15) is 13.2 Å². The van der Waals surface area contributed by atoms with Crippen LogP contribution in [0.5, 0.6) is 11.5 Å². The monoisotopic (exact) mass is 451 g/mol. The predicted molar refractivity (Wildman–Crippen MR) is 110 cm³/mol. The lowest BCUT2D eigenvalue weighted by atomic mass is 10.1. The molecule has 0 unspecified atom stereocenters. The highest BCUT2D eigenvalue weighted by molar-refractivity contribution is 6.06. The van der Waals surface area contributed by atoms with Crippen molar-refractivity contribution in [1.82, 2.24) is 9.55 Å². The molecule has 2 N–H and O–H groups in total. The molecule has 0 aliphatic carbocycles. The van der Waals surface area contributed by atoms with E-state index in [1.54, 1.807) is 31.2 Å². The lowest BCUT2D eigenvalue weighted by Gasteiger charge is -2.12. The normalized spacial score (nSPS) is 11.4. The number of aromatic carboxylic acids is 1. The lowest BCUT2D eigenvalue weighted by molar-refractivity contribution is -0.153. The highest BCUT2D eigenvalue weighted by Crippen LogP contribution is 2.36. The number of halogens is 3. The van der Waals surface area contributed by atoms with Crippen molar-refractivity contribution >= 4 is 28.6 Å². The summed E-state index contributed by atoms with van der Waals surface area (Å²) < 4.78 is 49.3. The molecule has 3 rings (SSSR count). The van der Waals surface area contributed by atoms with Crippen molar-refractivity contribution in [1.29, 1.82) is 0 Å². The first kappa shape index (κ1) is 22.9. The van der Waals surface area contributed by atoms with Crippen LogP contribution >= 0.6 is 0 Å². The Kier molecular flexibility index (Phi) is 6.28. The van der Waals surface area contributed by atoms with Gasteiger partial charge in [0.25, 0.3) is 5.91 Å². The van der Waals surface area contributed by atoms with Crippen LogP contribution in [0, 0.1) is 0 Å². The van der Waals surface area contributed by atoms with E-state index in [0.717, 1.165) is 4.57 Å². The van der Waals surface area contributed by atoms with Crippen LogP contribution in [0.1, 0.15) is 33.5 Å². The van der Waals surface area contributed by atoms with E-state index in [1.165, 1.54) is 20.2 Å². The Morgan fingerprint density at radius 3 is 2.41 bits per heavy atom.